The molecule has 0 unspecified atom stereocenters. The molecule has 0 aliphatic carbocycles. The number of carbonyl (C=O) groups excluding carboxylic acids is 1. The number of aryl methyl sites for hydroxylation is 1. The number of ether oxygens (including phenoxy) is 1. The molecule has 134 valence electrons. The average molecular weight is 374 g/mol. The van der Waals surface area contributed by atoms with Gasteiger partial charge in [0.25, 0.3) is 5.91 Å². The number of rotatable bonds is 3. The molecule has 0 spiro atoms. The lowest BCUT2D eigenvalue weighted by molar-refractivity contribution is -0.00581. The van der Waals surface area contributed by atoms with Gasteiger partial charge in [0.1, 0.15) is 6.04 Å². The minimum atomic E-state index is -0.381. The van der Waals surface area contributed by atoms with Crippen LogP contribution in [0.4, 0.5) is 0 Å². The van der Waals surface area contributed by atoms with Gasteiger partial charge < -0.3 is 14.2 Å². The maximum Gasteiger partial charge on any atom is 0.258 e. The molecule has 1 aliphatic heterocycles. The topological polar surface area (TPSA) is 86.3 Å². The molecule has 26 heavy (non-hydrogen) atoms. The van der Waals surface area contributed by atoms with Crippen LogP contribution in [-0.2, 0) is 4.74 Å². The zero-order chi connectivity index (χ0) is 18.1. The summed E-state index contributed by atoms with van der Waals surface area (Å²) >= 11 is 5.93. The first kappa shape index (κ1) is 16.7. The minimum absolute atomic E-state index is 0.138. The fraction of sp³-hybridized carbons (Fsp3) is 0.294. The van der Waals surface area contributed by atoms with Crippen LogP contribution in [-0.4, -0.2) is 50.5 Å². The van der Waals surface area contributed by atoms with Crippen molar-refractivity contribution in [3.8, 4) is 5.69 Å². The summed E-state index contributed by atoms with van der Waals surface area (Å²) in [5, 5.41) is 8.96. The molecule has 1 saturated heterocycles. The van der Waals surface area contributed by atoms with E-state index in [1.807, 2.05) is 19.1 Å². The minimum Gasteiger partial charge on any atom is -0.377 e. The summed E-state index contributed by atoms with van der Waals surface area (Å²) in [5.74, 6) is 0.293. The third-order valence-electron chi connectivity index (χ3n) is 4.29. The van der Waals surface area contributed by atoms with Gasteiger partial charge in [0, 0.05) is 17.8 Å². The van der Waals surface area contributed by atoms with Crippen LogP contribution in [0.3, 0.4) is 0 Å². The first-order valence-electron chi connectivity index (χ1n) is 8.10. The molecule has 0 radical (unpaired) electrons. The first-order valence-corrected chi connectivity index (χ1v) is 8.48. The van der Waals surface area contributed by atoms with E-state index in [0.717, 1.165) is 5.69 Å². The van der Waals surface area contributed by atoms with Gasteiger partial charge >= 0.3 is 0 Å². The lowest BCUT2D eigenvalue weighted by atomic mass is 10.1. The average Bonchev–Trinajstić information content (AvgIpc) is 3.32. The maximum absolute atomic E-state index is 13.1. The van der Waals surface area contributed by atoms with E-state index in [1.54, 1.807) is 27.9 Å². The predicted molar refractivity (Wildman–Crippen MR) is 92.2 cm³/mol. The van der Waals surface area contributed by atoms with Crippen LogP contribution in [0.5, 0.6) is 0 Å². The van der Waals surface area contributed by atoms with Crippen LogP contribution in [0.15, 0.2) is 41.4 Å². The quantitative estimate of drug-likeness (QED) is 0.700. The molecule has 1 amide bonds. The number of hydrogen-bond donors (Lipinski definition) is 0. The number of benzene rings is 1. The molecule has 3 aromatic rings. The molecule has 1 atom stereocenters. The molecule has 1 aliphatic rings. The highest BCUT2D eigenvalue weighted by atomic mass is 35.5. The molecule has 1 fully saturated rings. The summed E-state index contributed by atoms with van der Waals surface area (Å²) in [4.78, 5) is 18.9. The van der Waals surface area contributed by atoms with Crippen LogP contribution in [0.1, 0.15) is 27.9 Å². The van der Waals surface area contributed by atoms with E-state index in [2.05, 4.69) is 15.2 Å². The highest BCUT2D eigenvalue weighted by Crippen LogP contribution is 2.25. The van der Waals surface area contributed by atoms with E-state index < -0.39 is 0 Å². The Morgan fingerprint density at radius 2 is 2.12 bits per heavy atom. The van der Waals surface area contributed by atoms with E-state index in [0.29, 0.717) is 41.9 Å². The van der Waals surface area contributed by atoms with Crippen molar-refractivity contribution in [2.24, 2.45) is 0 Å². The Morgan fingerprint density at radius 1 is 1.31 bits per heavy atom. The van der Waals surface area contributed by atoms with Crippen molar-refractivity contribution in [3.05, 3.63) is 59.0 Å². The van der Waals surface area contributed by atoms with Crippen molar-refractivity contribution in [2.45, 2.75) is 13.0 Å². The fourth-order valence-electron chi connectivity index (χ4n) is 2.94. The molecule has 4 rings (SSSR count). The number of amides is 1. The summed E-state index contributed by atoms with van der Waals surface area (Å²) in [5.41, 5.74) is 1.99. The molecule has 0 bridgehead atoms. The highest BCUT2D eigenvalue weighted by molar-refractivity contribution is 6.30. The van der Waals surface area contributed by atoms with Crippen LogP contribution >= 0.6 is 11.6 Å². The summed E-state index contributed by atoms with van der Waals surface area (Å²) in [6, 6.07) is 6.88. The van der Waals surface area contributed by atoms with E-state index in [9.17, 15) is 4.79 Å². The monoisotopic (exact) mass is 373 g/mol. The number of carbonyl (C=O) groups is 1. The van der Waals surface area contributed by atoms with E-state index >= 15 is 0 Å². The zero-order valence-electron chi connectivity index (χ0n) is 14.0. The zero-order valence-corrected chi connectivity index (χ0v) is 14.8. The van der Waals surface area contributed by atoms with Crippen LogP contribution in [0.2, 0.25) is 5.02 Å². The molecular weight excluding hydrogens is 358 g/mol. The second kappa shape index (κ2) is 6.89. The predicted octanol–water partition coefficient (Wildman–Crippen LogP) is 2.43. The normalized spacial score (nSPS) is 17.5. The lowest BCUT2D eigenvalue weighted by Gasteiger charge is -2.33. The second-order valence-electron chi connectivity index (χ2n) is 5.93. The van der Waals surface area contributed by atoms with E-state index in [4.69, 9.17) is 20.9 Å². The Hall–Kier alpha value is -2.71. The summed E-state index contributed by atoms with van der Waals surface area (Å²) in [7, 11) is 0. The standard InChI is InChI=1S/C17H16ClN5O3/c1-11-14(8-23(20-11)13-4-2-12(18)3-5-13)17(24)22-6-7-25-9-15(22)16-19-10-26-21-16/h2-5,8,10,15H,6-7,9H2,1H3/t15-/m1/s1. The van der Waals surface area contributed by atoms with Crippen molar-refractivity contribution >= 4 is 17.5 Å². The first-order chi connectivity index (χ1) is 12.6. The maximum atomic E-state index is 13.1. The molecular formula is C17H16ClN5O3. The second-order valence-corrected chi connectivity index (χ2v) is 6.36. The molecule has 3 heterocycles. The van der Waals surface area contributed by atoms with Crippen LogP contribution < -0.4 is 0 Å². The van der Waals surface area contributed by atoms with Gasteiger partial charge in [-0.25, -0.2) is 4.68 Å². The van der Waals surface area contributed by atoms with Crippen LogP contribution in [0.25, 0.3) is 5.69 Å². The van der Waals surface area contributed by atoms with Gasteiger partial charge in [0.2, 0.25) is 6.39 Å². The van der Waals surface area contributed by atoms with Crippen LogP contribution in [0, 0.1) is 6.92 Å². The summed E-state index contributed by atoms with van der Waals surface area (Å²) in [6.07, 6.45) is 2.97. The Bertz CT molecular complexity index is 907. The van der Waals surface area contributed by atoms with Gasteiger partial charge in [-0.2, -0.15) is 10.1 Å². The van der Waals surface area contributed by atoms with Crippen molar-refractivity contribution < 1.29 is 14.1 Å². The molecule has 8 nitrogen and oxygen atoms in total. The molecule has 1 aromatic carbocycles. The van der Waals surface area contributed by atoms with Gasteiger partial charge in [-0.3, -0.25) is 4.79 Å². The third-order valence-corrected chi connectivity index (χ3v) is 4.54. The smallest absolute Gasteiger partial charge is 0.258 e. The summed E-state index contributed by atoms with van der Waals surface area (Å²) < 4.78 is 12.0. The Labute approximate surface area is 154 Å². The Morgan fingerprint density at radius 3 is 2.85 bits per heavy atom. The summed E-state index contributed by atoms with van der Waals surface area (Å²) in [6.45, 7) is 3.05. The Kier molecular flexibility index (Phi) is 4.44. The number of halogens is 1. The van der Waals surface area contributed by atoms with Crippen molar-refractivity contribution in [3.63, 3.8) is 0 Å². The van der Waals surface area contributed by atoms with Gasteiger partial charge in [-0.1, -0.05) is 16.8 Å². The fourth-order valence-corrected chi connectivity index (χ4v) is 3.06. The number of hydrogen-bond acceptors (Lipinski definition) is 6. The number of nitrogens with zero attached hydrogens (tertiary/aromatic N) is 5. The molecule has 9 heteroatoms. The molecule has 0 N–H and O–H groups in total. The SMILES string of the molecule is Cc1nn(-c2ccc(Cl)cc2)cc1C(=O)N1CCOC[C@@H]1c1ncon1. The van der Waals surface area contributed by atoms with Gasteiger partial charge in [-0.05, 0) is 31.2 Å². The van der Waals surface area contributed by atoms with Gasteiger partial charge in [-0.15, -0.1) is 0 Å². The number of morpholine rings is 1. The van der Waals surface area contributed by atoms with E-state index in [1.165, 1.54) is 6.39 Å². The molecule has 2 aromatic heterocycles. The van der Waals surface area contributed by atoms with Gasteiger partial charge in [0.15, 0.2) is 5.82 Å². The lowest BCUT2D eigenvalue weighted by Crippen LogP contribution is -2.44. The number of aromatic nitrogens is 4. The largest absolute Gasteiger partial charge is 0.377 e. The van der Waals surface area contributed by atoms with Crippen molar-refractivity contribution in [1.29, 1.82) is 0 Å². The third kappa shape index (κ3) is 3.09. The highest BCUT2D eigenvalue weighted by Gasteiger charge is 2.33. The van der Waals surface area contributed by atoms with Crippen molar-refractivity contribution in [1.82, 2.24) is 24.8 Å². The molecule has 0 saturated carbocycles. The van der Waals surface area contributed by atoms with Gasteiger partial charge in [0.05, 0.1) is 30.2 Å². The van der Waals surface area contributed by atoms with E-state index in [-0.39, 0.29) is 11.9 Å². The Balaban J connectivity index is 1.64. The van der Waals surface area contributed by atoms with Crippen molar-refractivity contribution in [2.75, 3.05) is 19.8 Å².